The molecule has 1 heterocycles. The zero-order valence-corrected chi connectivity index (χ0v) is 17.1. The van der Waals surface area contributed by atoms with Gasteiger partial charge in [0.25, 0.3) is 0 Å². The maximum atomic E-state index is 12.4. The third kappa shape index (κ3) is 4.22. The minimum atomic E-state index is -0.209. The number of hydrogen-bond acceptors (Lipinski definition) is 4. The number of aromatic nitrogens is 3. The van der Waals surface area contributed by atoms with E-state index in [-0.39, 0.29) is 5.91 Å². The Morgan fingerprint density at radius 2 is 1.63 bits per heavy atom. The molecule has 0 bridgehead atoms. The molecule has 0 unspecified atom stereocenters. The van der Waals surface area contributed by atoms with Crippen molar-refractivity contribution >= 4 is 28.7 Å². The highest BCUT2D eigenvalue weighted by Gasteiger charge is 2.10. The van der Waals surface area contributed by atoms with Gasteiger partial charge in [-0.3, -0.25) is 4.79 Å². The van der Waals surface area contributed by atoms with Crippen molar-refractivity contribution in [2.45, 2.75) is 13.8 Å². The van der Waals surface area contributed by atoms with Crippen molar-refractivity contribution in [1.29, 1.82) is 0 Å². The number of carbonyl (C=O) groups excluding carboxylic acids is 1. The van der Waals surface area contributed by atoms with Crippen molar-refractivity contribution in [1.82, 2.24) is 15.0 Å². The first kappa shape index (κ1) is 19.4. The number of fused-ring (bicyclic) bond motifs is 1. The molecule has 150 valence electrons. The third-order valence-corrected chi connectivity index (χ3v) is 4.79. The quantitative estimate of drug-likeness (QED) is 0.495. The minimum absolute atomic E-state index is 0.209. The van der Waals surface area contributed by atoms with Gasteiger partial charge in [0.15, 0.2) is 0 Å². The van der Waals surface area contributed by atoms with Crippen molar-refractivity contribution in [3.63, 3.8) is 0 Å². The van der Waals surface area contributed by atoms with E-state index in [0.717, 1.165) is 33.6 Å². The summed E-state index contributed by atoms with van der Waals surface area (Å²) in [7, 11) is 1.62. The molecule has 0 radical (unpaired) electrons. The lowest BCUT2D eigenvalue weighted by atomic mass is 10.1. The molecule has 1 N–H and O–H groups in total. The lowest BCUT2D eigenvalue weighted by molar-refractivity contribution is -0.111. The summed E-state index contributed by atoms with van der Waals surface area (Å²) in [5.74, 6) is 0.568. The van der Waals surface area contributed by atoms with E-state index in [2.05, 4.69) is 15.5 Å². The van der Waals surface area contributed by atoms with Crippen LogP contribution in [0.25, 0.3) is 22.8 Å². The molecule has 1 amide bonds. The highest BCUT2D eigenvalue weighted by Crippen LogP contribution is 2.22. The van der Waals surface area contributed by atoms with E-state index in [1.165, 1.54) is 11.6 Å². The van der Waals surface area contributed by atoms with Gasteiger partial charge < -0.3 is 10.1 Å². The number of anilines is 1. The average molecular weight is 398 g/mol. The number of nitrogens with one attached hydrogen (secondary N) is 1. The molecule has 4 aromatic rings. The maximum Gasteiger partial charge on any atom is 0.248 e. The largest absolute Gasteiger partial charge is 0.497 e. The highest BCUT2D eigenvalue weighted by molar-refractivity contribution is 6.03. The van der Waals surface area contributed by atoms with Crippen LogP contribution in [0.4, 0.5) is 5.69 Å². The van der Waals surface area contributed by atoms with Crippen LogP contribution in [0.3, 0.4) is 0 Å². The minimum Gasteiger partial charge on any atom is -0.497 e. The van der Waals surface area contributed by atoms with Crippen LogP contribution in [0.5, 0.6) is 5.75 Å². The van der Waals surface area contributed by atoms with Gasteiger partial charge in [-0.05, 0) is 67.4 Å². The van der Waals surface area contributed by atoms with Crippen molar-refractivity contribution in [2.24, 2.45) is 0 Å². The van der Waals surface area contributed by atoms with Gasteiger partial charge in [-0.15, -0.1) is 10.2 Å². The molecule has 30 heavy (non-hydrogen) atoms. The molecule has 0 fully saturated rings. The smallest absolute Gasteiger partial charge is 0.248 e. The molecule has 6 heteroatoms. The number of rotatable bonds is 5. The fourth-order valence-corrected chi connectivity index (χ4v) is 3.06. The van der Waals surface area contributed by atoms with E-state index in [4.69, 9.17) is 4.74 Å². The summed E-state index contributed by atoms with van der Waals surface area (Å²) in [6.07, 6.45) is 3.27. The van der Waals surface area contributed by atoms with Crippen molar-refractivity contribution in [3.8, 4) is 11.4 Å². The Morgan fingerprint density at radius 3 is 2.30 bits per heavy atom. The highest BCUT2D eigenvalue weighted by atomic mass is 16.5. The van der Waals surface area contributed by atoms with Crippen LogP contribution < -0.4 is 10.1 Å². The molecule has 0 aliphatic heterocycles. The number of methoxy groups -OCH3 is 1. The van der Waals surface area contributed by atoms with Gasteiger partial charge >= 0.3 is 0 Å². The standard InChI is InChI=1S/C24H22N4O2/c1-16-4-9-19(10-5-16)28-26-22-14-17(2)21(15-23(22)27-28)25-24(29)13-8-18-6-11-20(30-3)12-7-18/h4-15H,1-3H3,(H,25,29). The van der Waals surface area contributed by atoms with Gasteiger partial charge in [0, 0.05) is 11.8 Å². The summed E-state index contributed by atoms with van der Waals surface area (Å²) in [4.78, 5) is 14.0. The summed E-state index contributed by atoms with van der Waals surface area (Å²) >= 11 is 0. The van der Waals surface area contributed by atoms with Gasteiger partial charge in [0.05, 0.1) is 12.8 Å². The molecular weight excluding hydrogens is 376 g/mol. The van der Waals surface area contributed by atoms with Crippen molar-refractivity contribution in [3.05, 3.63) is 83.4 Å². The maximum absolute atomic E-state index is 12.4. The summed E-state index contributed by atoms with van der Waals surface area (Å²) in [5.41, 5.74) is 6.11. The van der Waals surface area contributed by atoms with Gasteiger partial charge in [0.2, 0.25) is 5.91 Å². The number of amides is 1. The topological polar surface area (TPSA) is 69.0 Å². The molecular formula is C24H22N4O2. The second-order valence-electron chi connectivity index (χ2n) is 7.08. The van der Waals surface area contributed by atoms with Gasteiger partial charge in [-0.2, -0.15) is 4.80 Å². The van der Waals surface area contributed by atoms with Crippen LogP contribution >= 0.6 is 0 Å². The first-order valence-electron chi connectivity index (χ1n) is 9.60. The van der Waals surface area contributed by atoms with Gasteiger partial charge in [-0.25, -0.2) is 0 Å². The molecule has 0 saturated heterocycles. The number of hydrogen-bond donors (Lipinski definition) is 1. The van der Waals surface area contributed by atoms with Crippen LogP contribution in [-0.4, -0.2) is 28.0 Å². The average Bonchev–Trinajstić information content (AvgIpc) is 3.16. The molecule has 0 aliphatic rings. The molecule has 0 saturated carbocycles. The van der Waals surface area contributed by atoms with E-state index in [1.807, 2.05) is 74.5 Å². The second-order valence-corrected chi connectivity index (χ2v) is 7.08. The summed E-state index contributed by atoms with van der Waals surface area (Å²) < 4.78 is 5.14. The van der Waals surface area contributed by atoms with Crippen molar-refractivity contribution < 1.29 is 9.53 Å². The summed E-state index contributed by atoms with van der Waals surface area (Å²) in [5, 5.41) is 12.0. The van der Waals surface area contributed by atoms with Crippen LogP contribution in [-0.2, 0) is 4.79 Å². The van der Waals surface area contributed by atoms with Gasteiger partial charge in [-0.1, -0.05) is 29.8 Å². The number of benzene rings is 3. The lowest BCUT2D eigenvalue weighted by Gasteiger charge is -2.05. The normalized spacial score (nSPS) is 11.2. The van der Waals surface area contributed by atoms with Crippen LogP contribution in [0.2, 0.25) is 0 Å². The predicted molar refractivity (Wildman–Crippen MR) is 119 cm³/mol. The molecule has 6 nitrogen and oxygen atoms in total. The fraction of sp³-hybridized carbons (Fsp3) is 0.125. The fourth-order valence-electron chi connectivity index (χ4n) is 3.06. The zero-order valence-electron chi connectivity index (χ0n) is 17.1. The monoisotopic (exact) mass is 398 g/mol. The van der Waals surface area contributed by atoms with Crippen LogP contribution in [0.15, 0.2) is 66.7 Å². The molecule has 4 rings (SSSR count). The Bertz CT molecular complexity index is 1220. The van der Waals surface area contributed by atoms with Gasteiger partial charge in [0.1, 0.15) is 16.8 Å². The van der Waals surface area contributed by atoms with E-state index < -0.39 is 0 Å². The first-order valence-corrected chi connectivity index (χ1v) is 9.60. The number of ether oxygens (including phenoxy) is 1. The van der Waals surface area contributed by atoms with Crippen molar-refractivity contribution in [2.75, 3.05) is 12.4 Å². The molecule has 1 aromatic heterocycles. The summed E-state index contributed by atoms with van der Waals surface area (Å²) in [6.45, 7) is 3.98. The Balaban J connectivity index is 1.53. The Morgan fingerprint density at radius 1 is 0.967 bits per heavy atom. The molecule has 0 aliphatic carbocycles. The van der Waals surface area contributed by atoms with Crippen LogP contribution in [0.1, 0.15) is 16.7 Å². The molecule has 3 aromatic carbocycles. The SMILES string of the molecule is COc1ccc(C=CC(=O)Nc2cc3nn(-c4ccc(C)cc4)nc3cc2C)cc1. The third-order valence-electron chi connectivity index (χ3n) is 4.79. The first-order chi connectivity index (χ1) is 14.5. The van der Waals surface area contributed by atoms with E-state index >= 15 is 0 Å². The number of aryl methyl sites for hydroxylation is 2. The van der Waals surface area contributed by atoms with Crippen LogP contribution in [0, 0.1) is 13.8 Å². The number of carbonyl (C=O) groups is 1. The lowest BCUT2D eigenvalue weighted by Crippen LogP contribution is -2.08. The molecule has 0 atom stereocenters. The number of nitrogens with zero attached hydrogens (tertiary/aromatic N) is 3. The zero-order chi connectivity index (χ0) is 21.1. The van der Waals surface area contributed by atoms with E-state index in [9.17, 15) is 4.79 Å². The Labute approximate surface area is 174 Å². The second kappa shape index (κ2) is 8.21. The summed E-state index contributed by atoms with van der Waals surface area (Å²) in [6, 6.07) is 19.3. The Kier molecular flexibility index (Phi) is 5.30. The van der Waals surface area contributed by atoms with E-state index in [0.29, 0.717) is 5.69 Å². The predicted octanol–water partition coefficient (Wildman–Crippen LogP) is 4.70. The molecule has 0 spiro atoms. The Hall–Kier alpha value is -3.93. The van der Waals surface area contributed by atoms with E-state index in [1.54, 1.807) is 18.0 Å².